The number of fused-ring (bicyclic) bond motifs is 4. The standard InChI is InChI=1S/C37H41BF3N3O5/c1-34(2)35(3,4)49-38(48-34)25-9-8-24-20-44(43-29(24)18-25)37-15-12-36(13-16-37,14-17-37)22-42-33(45)27-19-28(39)32(31(41)30(27)40)47-21-23-6-10-26(46-5)11-7-23/h6-11,18-20H,12-17,21-22H2,1-5H3,(H,42,45)/t36-,37+. The van der Waals surface area contributed by atoms with Gasteiger partial charge in [0.25, 0.3) is 5.91 Å². The highest BCUT2D eigenvalue weighted by Gasteiger charge is 2.52. The molecule has 0 radical (unpaired) electrons. The molecule has 3 aliphatic carbocycles. The second-order valence-corrected chi connectivity index (χ2v) is 14.9. The van der Waals surface area contributed by atoms with E-state index in [-0.39, 0.29) is 17.6 Å². The molecule has 0 spiro atoms. The number of carbonyl (C=O) groups is 1. The van der Waals surface area contributed by atoms with Gasteiger partial charge in [0.05, 0.1) is 34.9 Å². The Labute approximate surface area is 284 Å². The molecule has 1 aliphatic heterocycles. The average molecular weight is 676 g/mol. The van der Waals surface area contributed by atoms with Gasteiger partial charge in [-0.25, -0.2) is 8.78 Å². The van der Waals surface area contributed by atoms with E-state index in [1.54, 1.807) is 24.3 Å². The first-order chi connectivity index (χ1) is 23.2. The maximum absolute atomic E-state index is 15.1. The number of rotatable bonds is 9. The van der Waals surface area contributed by atoms with Gasteiger partial charge in [0.15, 0.2) is 17.4 Å². The van der Waals surface area contributed by atoms with Crippen molar-refractivity contribution >= 4 is 29.4 Å². The first-order valence-corrected chi connectivity index (χ1v) is 16.8. The molecule has 1 aromatic heterocycles. The van der Waals surface area contributed by atoms with Gasteiger partial charge in [-0.1, -0.05) is 24.3 Å². The van der Waals surface area contributed by atoms with Crippen LogP contribution in [0.4, 0.5) is 13.2 Å². The van der Waals surface area contributed by atoms with E-state index in [1.165, 1.54) is 7.11 Å². The number of methoxy groups -OCH3 is 1. The summed E-state index contributed by atoms with van der Waals surface area (Å²) in [4.78, 5) is 13.0. The molecule has 4 fully saturated rings. The molecule has 3 aromatic carbocycles. The zero-order valence-electron chi connectivity index (χ0n) is 28.5. The van der Waals surface area contributed by atoms with Crippen LogP contribution in [0.3, 0.4) is 0 Å². The summed E-state index contributed by atoms with van der Waals surface area (Å²) in [5.74, 6) is -5.24. The molecule has 49 heavy (non-hydrogen) atoms. The van der Waals surface area contributed by atoms with Crippen molar-refractivity contribution in [1.29, 1.82) is 0 Å². The van der Waals surface area contributed by atoms with Crippen molar-refractivity contribution in [3.05, 3.63) is 83.3 Å². The summed E-state index contributed by atoms with van der Waals surface area (Å²) in [7, 11) is 1.06. The lowest BCUT2D eigenvalue weighted by molar-refractivity contribution is -0.00564. The Balaban J connectivity index is 0.984. The molecule has 2 heterocycles. The van der Waals surface area contributed by atoms with Gasteiger partial charge in [0.2, 0.25) is 5.82 Å². The average Bonchev–Trinajstić information content (AvgIpc) is 3.63. The Kier molecular flexibility index (Phi) is 8.26. The number of benzene rings is 3. The zero-order valence-corrected chi connectivity index (χ0v) is 28.5. The fourth-order valence-electron chi connectivity index (χ4n) is 7.37. The van der Waals surface area contributed by atoms with Gasteiger partial charge in [0.1, 0.15) is 12.4 Å². The van der Waals surface area contributed by atoms with Crippen LogP contribution in [0.15, 0.2) is 54.7 Å². The quantitative estimate of drug-likeness (QED) is 0.155. The highest BCUT2D eigenvalue weighted by Crippen LogP contribution is 2.55. The molecule has 8 nitrogen and oxygen atoms in total. The second kappa shape index (κ2) is 12.1. The van der Waals surface area contributed by atoms with Crippen LogP contribution >= 0.6 is 0 Å². The van der Waals surface area contributed by atoms with Gasteiger partial charge < -0.3 is 24.1 Å². The molecule has 2 bridgehead atoms. The van der Waals surface area contributed by atoms with Crippen LogP contribution in [0.25, 0.3) is 10.9 Å². The number of hydrogen-bond acceptors (Lipinski definition) is 6. The highest BCUT2D eigenvalue weighted by atomic mass is 19.2. The van der Waals surface area contributed by atoms with Gasteiger partial charge in [-0.2, -0.15) is 9.49 Å². The zero-order chi connectivity index (χ0) is 34.8. The minimum atomic E-state index is -1.54. The minimum absolute atomic E-state index is 0.130. The number of amides is 1. The van der Waals surface area contributed by atoms with Crippen LogP contribution in [-0.2, 0) is 21.5 Å². The molecule has 1 N–H and O–H groups in total. The Hall–Kier alpha value is -4.03. The Morgan fingerprint density at radius 1 is 0.918 bits per heavy atom. The molecule has 0 unspecified atom stereocenters. The van der Waals surface area contributed by atoms with E-state index in [9.17, 15) is 13.6 Å². The van der Waals surface area contributed by atoms with Crippen molar-refractivity contribution < 1.29 is 36.7 Å². The third kappa shape index (κ3) is 5.96. The Morgan fingerprint density at radius 3 is 2.20 bits per heavy atom. The summed E-state index contributed by atoms with van der Waals surface area (Å²) in [6.45, 7) is 8.24. The number of nitrogens with zero attached hydrogens (tertiary/aromatic N) is 2. The summed E-state index contributed by atoms with van der Waals surface area (Å²) < 4.78 is 69.9. The number of aromatic nitrogens is 2. The number of ether oxygens (including phenoxy) is 2. The van der Waals surface area contributed by atoms with E-state index in [1.807, 2.05) is 39.8 Å². The molecule has 8 rings (SSSR count). The minimum Gasteiger partial charge on any atom is -0.497 e. The number of hydrogen-bond donors (Lipinski definition) is 1. The highest BCUT2D eigenvalue weighted by molar-refractivity contribution is 6.62. The largest absolute Gasteiger partial charge is 0.497 e. The summed E-state index contributed by atoms with van der Waals surface area (Å²) in [5.41, 5.74) is 0.570. The second-order valence-electron chi connectivity index (χ2n) is 14.9. The molecule has 1 saturated heterocycles. The van der Waals surface area contributed by atoms with Crippen LogP contribution in [0.1, 0.15) is 82.1 Å². The third-order valence-corrected chi connectivity index (χ3v) is 11.4. The number of halogens is 3. The predicted molar refractivity (Wildman–Crippen MR) is 180 cm³/mol. The maximum Gasteiger partial charge on any atom is 0.494 e. The summed E-state index contributed by atoms with van der Waals surface area (Å²) in [6.07, 6.45) is 7.25. The van der Waals surface area contributed by atoms with Crippen molar-refractivity contribution in [3.8, 4) is 11.5 Å². The van der Waals surface area contributed by atoms with E-state index >= 15 is 4.39 Å². The first-order valence-electron chi connectivity index (χ1n) is 16.8. The topological polar surface area (TPSA) is 83.8 Å². The monoisotopic (exact) mass is 675 g/mol. The van der Waals surface area contributed by atoms with Crippen LogP contribution in [-0.4, -0.2) is 47.7 Å². The van der Waals surface area contributed by atoms with Crippen molar-refractivity contribution in [1.82, 2.24) is 15.1 Å². The van der Waals surface area contributed by atoms with Gasteiger partial charge in [-0.15, -0.1) is 0 Å². The normalized spacial score (nSPS) is 24.0. The lowest BCUT2D eigenvalue weighted by Gasteiger charge is -2.53. The van der Waals surface area contributed by atoms with Crippen molar-refractivity contribution in [2.45, 2.75) is 89.6 Å². The van der Waals surface area contributed by atoms with E-state index in [4.69, 9.17) is 23.9 Å². The third-order valence-electron chi connectivity index (χ3n) is 11.4. The first kappa shape index (κ1) is 33.5. The maximum atomic E-state index is 15.1. The Bertz CT molecular complexity index is 1870. The molecule has 3 saturated carbocycles. The molecule has 1 amide bonds. The lowest BCUT2D eigenvalue weighted by atomic mass is 9.57. The Morgan fingerprint density at radius 2 is 1.57 bits per heavy atom. The SMILES string of the molecule is COc1ccc(COc2c(F)cc(C(=O)NC[C@]34CC[C@](n5cc6ccc(B7OC(C)(C)C(C)(C)O7)cc6n5)(CC3)CC4)c(F)c2F)cc1. The van der Waals surface area contributed by atoms with Crippen LogP contribution in [0.5, 0.6) is 11.5 Å². The van der Waals surface area contributed by atoms with Gasteiger partial charge in [-0.05, 0) is 107 Å². The van der Waals surface area contributed by atoms with Crippen molar-refractivity contribution in [2.24, 2.45) is 5.41 Å². The lowest BCUT2D eigenvalue weighted by Crippen LogP contribution is -2.51. The number of nitrogens with one attached hydrogen (secondary N) is 1. The molecule has 12 heteroatoms. The molecule has 4 aromatic rings. The summed E-state index contributed by atoms with van der Waals surface area (Å²) >= 11 is 0. The van der Waals surface area contributed by atoms with E-state index < -0.39 is 53.0 Å². The van der Waals surface area contributed by atoms with Crippen LogP contribution in [0, 0.1) is 22.9 Å². The summed E-state index contributed by atoms with van der Waals surface area (Å²) in [5, 5.41) is 8.84. The number of carbonyl (C=O) groups excluding carboxylic acids is 1. The molecular weight excluding hydrogens is 634 g/mol. The van der Waals surface area contributed by atoms with E-state index in [2.05, 4.69) is 22.3 Å². The van der Waals surface area contributed by atoms with Gasteiger partial charge in [0, 0.05) is 18.1 Å². The van der Waals surface area contributed by atoms with E-state index in [0.717, 1.165) is 54.9 Å². The predicted octanol–water partition coefficient (Wildman–Crippen LogP) is 6.82. The fourth-order valence-corrected chi connectivity index (χ4v) is 7.37. The van der Waals surface area contributed by atoms with Crippen LogP contribution < -0.4 is 20.3 Å². The molecule has 258 valence electrons. The smallest absolute Gasteiger partial charge is 0.494 e. The molecular formula is C37H41BF3N3O5. The molecule has 4 aliphatic rings. The molecule has 0 atom stereocenters. The van der Waals surface area contributed by atoms with Crippen LogP contribution in [0.2, 0.25) is 0 Å². The van der Waals surface area contributed by atoms with Crippen molar-refractivity contribution in [3.63, 3.8) is 0 Å². The van der Waals surface area contributed by atoms with Gasteiger partial charge >= 0.3 is 7.12 Å². The van der Waals surface area contributed by atoms with E-state index in [0.29, 0.717) is 23.9 Å². The fraction of sp³-hybridized carbons (Fsp3) is 0.459. The van der Waals surface area contributed by atoms with Crippen molar-refractivity contribution in [2.75, 3.05) is 13.7 Å². The summed E-state index contributed by atoms with van der Waals surface area (Å²) in [6, 6.07) is 13.5. The van der Waals surface area contributed by atoms with Gasteiger partial charge in [-0.3, -0.25) is 9.48 Å².